The Morgan fingerprint density at radius 1 is 1.31 bits per heavy atom. The first kappa shape index (κ1) is 9.70. The lowest BCUT2D eigenvalue weighted by molar-refractivity contribution is 1.07. The van der Waals surface area contributed by atoms with Crippen LogP contribution in [0.2, 0.25) is 0 Å². The van der Waals surface area contributed by atoms with E-state index in [1.54, 1.807) is 0 Å². The van der Waals surface area contributed by atoms with Crippen LogP contribution in [-0.4, -0.2) is 12.4 Å². The largest absolute Gasteiger partial charge is 0.386 e. The Balaban J connectivity index is 2.89. The fourth-order valence-electron chi connectivity index (χ4n) is 0.964. The molecule has 0 bridgehead atoms. The van der Waals surface area contributed by atoms with E-state index in [0.29, 0.717) is 12.4 Å². The third-order valence-electron chi connectivity index (χ3n) is 1.63. The van der Waals surface area contributed by atoms with Crippen LogP contribution in [0.4, 0.5) is 5.69 Å². The number of amidine groups is 1. The molecule has 0 saturated carbocycles. The van der Waals surface area contributed by atoms with Gasteiger partial charge in [-0.1, -0.05) is 12.1 Å². The number of benzene rings is 1. The summed E-state index contributed by atoms with van der Waals surface area (Å²) in [6, 6.07) is 7.59. The van der Waals surface area contributed by atoms with Crippen LogP contribution in [0.1, 0.15) is 5.56 Å². The van der Waals surface area contributed by atoms with Crippen molar-refractivity contribution in [3.05, 3.63) is 29.8 Å². The first-order valence-corrected chi connectivity index (χ1v) is 4.08. The van der Waals surface area contributed by atoms with Gasteiger partial charge in [0.2, 0.25) is 0 Å². The molecule has 0 saturated heterocycles. The van der Waals surface area contributed by atoms with Gasteiger partial charge in [-0.3, -0.25) is 0 Å². The van der Waals surface area contributed by atoms with Crippen molar-refractivity contribution in [2.75, 3.05) is 6.54 Å². The molecule has 0 unspecified atom stereocenters. The van der Waals surface area contributed by atoms with Crippen LogP contribution >= 0.6 is 0 Å². The van der Waals surface area contributed by atoms with Crippen molar-refractivity contribution in [2.24, 2.45) is 22.2 Å². The molecule has 13 heavy (non-hydrogen) atoms. The van der Waals surface area contributed by atoms with E-state index in [9.17, 15) is 0 Å². The maximum Gasteiger partial charge on any atom is 0.113 e. The molecule has 1 aromatic carbocycles. The fourth-order valence-corrected chi connectivity index (χ4v) is 0.964. The lowest BCUT2D eigenvalue weighted by Gasteiger charge is -1.99. The van der Waals surface area contributed by atoms with Crippen LogP contribution in [0.3, 0.4) is 0 Å². The number of nitrogens with zero attached hydrogens (tertiary/aromatic N) is 1. The van der Waals surface area contributed by atoms with Crippen molar-refractivity contribution >= 4 is 11.5 Å². The van der Waals surface area contributed by atoms with E-state index in [2.05, 4.69) is 4.99 Å². The third-order valence-corrected chi connectivity index (χ3v) is 1.63. The molecule has 1 aromatic rings. The number of aliphatic imine (C=N–C) groups is 1. The van der Waals surface area contributed by atoms with E-state index in [1.165, 1.54) is 0 Å². The quantitative estimate of drug-likeness (QED) is 0.452. The summed E-state index contributed by atoms with van der Waals surface area (Å²) in [4.78, 5) is 4.10. The second kappa shape index (κ2) is 4.59. The van der Waals surface area contributed by atoms with E-state index in [1.807, 2.05) is 24.3 Å². The zero-order chi connectivity index (χ0) is 9.68. The highest BCUT2D eigenvalue weighted by Gasteiger charge is 1.93. The molecule has 4 heteroatoms. The van der Waals surface area contributed by atoms with Gasteiger partial charge in [-0.05, 0) is 17.7 Å². The summed E-state index contributed by atoms with van der Waals surface area (Å²) in [6.45, 7) is 0.777. The van der Waals surface area contributed by atoms with Crippen molar-refractivity contribution in [1.29, 1.82) is 0 Å². The van der Waals surface area contributed by atoms with E-state index >= 15 is 0 Å². The average Bonchev–Trinajstić information content (AvgIpc) is 2.18. The Labute approximate surface area is 77.4 Å². The highest BCUT2D eigenvalue weighted by Crippen LogP contribution is 2.13. The Morgan fingerprint density at radius 2 is 2.08 bits per heavy atom. The molecule has 0 aromatic heterocycles. The molecule has 0 aliphatic carbocycles. The Kier molecular flexibility index (Phi) is 3.42. The van der Waals surface area contributed by atoms with Crippen molar-refractivity contribution in [3.8, 4) is 0 Å². The topological polar surface area (TPSA) is 90.4 Å². The second-order valence-electron chi connectivity index (χ2n) is 2.68. The highest BCUT2D eigenvalue weighted by molar-refractivity contribution is 5.84. The number of rotatable bonds is 3. The lowest BCUT2D eigenvalue weighted by atomic mass is 10.2. The SMILES string of the molecule is NCC(N)=Nc1cccc(CN)c1. The maximum atomic E-state index is 5.49. The molecule has 0 heterocycles. The molecule has 0 spiro atoms. The summed E-state index contributed by atoms with van der Waals surface area (Å²) >= 11 is 0. The minimum Gasteiger partial charge on any atom is -0.386 e. The van der Waals surface area contributed by atoms with Crippen molar-refractivity contribution < 1.29 is 0 Å². The van der Waals surface area contributed by atoms with Gasteiger partial charge in [0.15, 0.2) is 0 Å². The Hall–Kier alpha value is -1.39. The van der Waals surface area contributed by atoms with Crippen LogP contribution in [0, 0.1) is 0 Å². The first-order chi connectivity index (χ1) is 6.26. The zero-order valence-corrected chi connectivity index (χ0v) is 7.40. The third kappa shape index (κ3) is 2.85. The van der Waals surface area contributed by atoms with Gasteiger partial charge in [0.05, 0.1) is 12.2 Å². The summed E-state index contributed by atoms with van der Waals surface area (Å²) in [5.41, 5.74) is 18.1. The van der Waals surface area contributed by atoms with Gasteiger partial charge in [0.1, 0.15) is 5.84 Å². The van der Waals surface area contributed by atoms with Gasteiger partial charge in [-0.15, -0.1) is 0 Å². The molecule has 0 aliphatic rings. The van der Waals surface area contributed by atoms with Gasteiger partial charge in [0.25, 0.3) is 0 Å². The van der Waals surface area contributed by atoms with Crippen molar-refractivity contribution in [2.45, 2.75) is 6.54 Å². The predicted molar refractivity (Wildman–Crippen MR) is 54.7 cm³/mol. The number of hydrogen-bond donors (Lipinski definition) is 3. The van der Waals surface area contributed by atoms with E-state index in [0.717, 1.165) is 11.3 Å². The normalized spacial score (nSPS) is 11.7. The highest BCUT2D eigenvalue weighted by atomic mass is 14.9. The summed E-state index contributed by atoms with van der Waals surface area (Å²) in [6.07, 6.45) is 0. The predicted octanol–water partition coefficient (Wildman–Crippen LogP) is 0.0927. The molecular weight excluding hydrogens is 164 g/mol. The van der Waals surface area contributed by atoms with Crippen LogP contribution in [0.5, 0.6) is 0 Å². The molecule has 0 fully saturated rings. The maximum absolute atomic E-state index is 5.49. The molecule has 0 aliphatic heterocycles. The van der Waals surface area contributed by atoms with E-state index in [4.69, 9.17) is 17.2 Å². The molecule has 4 nitrogen and oxygen atoms in total. The minimum absolute atomic E-state index is 0.271. The van der Waals surface area contributed by atoms with Gasteiger partial charge >= 0.3 is 0 Å². The van der Waals surface area contributed by atoms with Crippen LogP contribution in [-0.2, 0) is 6.54 Å². The summed E-state index contributed by atoms with van der Waals surface area (Å²) in [7, 11) is 0. The molecule has 6 N–H and O–H groups in total. The lowest BCUT2D eigenvalue weighted by Crippen LogP contribution is -2.22. The molecule has 0 amide bonds. The Morgan fingerprint density at radius 3 is 2.69 bits per heavy atom. The monoisotopic (exact) mass is 178 g/mol. The van der Waals surface area contributed by atoms with E-state index in [-0.39, 0.29) is 6.54 Å². The second-order valence-corrected chi connectivity index (χ2v) is 2.68. The van der Waals surface area contributed by atoms with Gasteiger partial charge in [-0.2, -0.15) is 0 Å². The number of hydrogen-bond acceptors (Lipinski definition) is 3. The molecule has 0 atom stereocenters. The summed E-state index contributed by atoms with van der Waals surface area (Å²) in [5.74, 6) is 0.425. The Bertz CT molecular complexity index is 306. The van der Waals surface area contributed by atoms with E-state index < -0.39 is 0 Å². The standard InChI is InChI=1S/C9H14N4/c10-5-7-2-1-3-8(4-7)13-9(12)6-11/h1-4H,5-6,10-11H2,(H2,12,13). The number of nitrogens with two attached hydrogens (primary N) is 3. The minimum atomic E-state index is 0.271. The molecule has 70 valence electrons. The fraction of sp³-hybridized carbons (Fsp3) is 0.222. The first-order valence-electron chi connectivity index (χ1n) is 4.08. The van der Waals surface area contributed by atoms with Crippen molar-refractivity contribution in [1.82, 2.24) is 0 Å². The van der Waals surface area contributed by atoms with Crippen LogP contribution in [0.25, 0.3) is 0 Å². The van der Waals surface area contributed by atoms with Gasteiger partial charge in [0, 0.05) is 6.54 Å². The average molecular weight is 178 g/mol. The van der Waals surface area contributed by atoms with Crippen molar-refractivity contribution in [3.63, 3.8) is 0 Å². The molecule has 0 radical (unpaired) electrons. The van der Waals surface area contributed by atoms with Crippen LogP contribution in [0.15, 0.2) is 29.3 Å². The summed E-state index contributed by atoms with van der Waals surface area (Å²) in [5, 5.41) is 0. The van der Waals surface area contributed by atoms with Gasteiger partial charge in [-0.25, -0.2) is 4.99 Å². The molecular formula is C9H14N4. The zero-order valence-electron chi connectivity index (χ0n) is 7.40. The smallest absolute Gasteiger partial charge is 0.113 e. The molecule has 1 rings (SSSR count). The summed E-state index contributed by atoms with van der Waals surface area (Å²) < 4.78 is 0. The van der Waals surface area contributed by atoms with Crippen LogP contribution < -0.4 is 17.2 Å². The van der Waals surface area contributed by atoms with Gasteiger partial charge < -0.3 is 17.2 Å².